The van der Waals surface area contributed by atoms with Gasteiger partial charge in [0.2, 0.25) is 0 Å². The summed E-state index contributed by atoms with van der Waals surface area (Å²) in [6.45, 7) is -0.344. The number of methoxy groups -OCH3 is 2. The SMILES string of the molecule is COc1ccc(OC)c([C@@H](O)CO)c1. The average molecular weight is 198 g/mol. The second-order valence-corrected chi connectivity index (χ2v) is 2.81. The van der Waals surface area contributed by atoms with Gasteiger partial charge < -0.3 is 19.7 Å². The zero-order valence-electron chi connectivity index (χ0n) is 8.23. The van der Waals surface area contributed by atoms with Gasteiger partial charge in [-0.25, -0.2) is 0 Å². The van der Waals surface area contributed by atoms with Crippen LogP contribution in [0.15, 0.2) is 18.2 Å². The Hall–Kier alpha value is -1.26. The van der Waals surface area contributed by atoms with Crippen molar-refractivity contribution in [1.29, 1.82) is 0 Å². The maximum atomic E-state index is 9.48. The summed E-state index contributed by atoms with van der Waals surface area (Å²) in [5.41, 5.74) is 0.523. The summed E-state index contributed by atoms with van der Waals surface area (Å²) < 4.78 is 10.0. The molecule has 0 bridgehead atoms. The van der Waals surface area contributed by atoms with Crippen LogP contribution in [-0.4, -0.2) is 31.0 Å². The summed E-state index contributed by atoms with van der Waals surface area (Å²) in [5, 5.41) is 18.3. The van der Waals surface area contributed by atoms with E-state index in [1.807, 2.05) is 0 Å². The van der Waals surface area contributed by atoms with Gasteiger partial charge in [0, 0.05) is 5.56 Å². The molecule has 1 atom stereocenters. The second kappa shape index (κ2) is 4.83. The lowest BCUT2D eigenvalue weighted by Gasteiger charge is -2.13. The molecule has 2 N–H and O–H groups in total. The molecule has 0 saturated carbocycles. The summed E-state index contributed by atoms with van der Waals surface area (Å²) in [7, 11) is 3.05. The highest BCUT2D eigenvalue weighted by atomic mass is 16.5. The van der Waals surface area contributed by atoms with E-state index in [4.69, 9.17) is 14.6 Å². The van der Waals surface area contributed by atoms with Crippen molar-refractivity contribution in [3.63, 3.8) is 0 Å². The van der Waals surface area contributed by atoms with E-state index < -0.39 is 6.10 Å². The Morgan fingerprint density at radius 3 is 2.50 bits per heavy atom. The van der Waals surface area contributed by atoms with Crippen LogP contribution in [0.1, 0.15) is 11.7 Å². The lowest BCUT2D eigenvalue weighted by atomic mass is 10.1. The Morgan fingerprint density at radius 1 is 1.29 bits per heavy atom. The first-order valence-corrected chi connectivity index (χ1v) is 4.23. The molecule has 0 aliphatic carbocycles. The van der Waals surface area contributed by atoms with Crippen molar-refractivity contribution in [2.45, 2.75) is 6.10 Å². The minimum absolute atomic E-state index is 0.344. The first-order chi connectivity index (χ1) is 6.72. The molecule has 78 valence electrons. The molecular formula is C10H14O4. The smallest absolute Gasteiger partial charge is 0.125 e. The van der Waals surface area contributed by atoms with E-state index in [0.717, 1.165) is 0 Å². The molecule has 0 unspecified atom stereocenters. The highest BCUT2D eigenvalue weighted by Crippen LogP contribution is 2.28. The predicted octanol–water partition coefficient (Wildman–Crippen LogP) is 0.730. The zero-order chi connectivity index (χ0) is 10.6. The largest absolute Gasteiger partial charge is 0.497 e. The Labute approximate surface area is 82.7 Å². The van der Waals surface area contributed by atoms with Gasteiger partial charge in [0.05, 0.1) is 20.8 Å². The van der Waals surface area contributed by atoms with Crippen molar-refractivity contribution < 1.29 is 19.7 Å². The van der Waals surface area contributed by atoms with Crippen LogP contribution in [0.2, 0.25) is 0 Å². The number of ether oxygens (including phenoxy) is 2. The van der Waals surface area contributed by atoms with Crippen LogP contribution in [-0.2, 0) is 0 Å². The van der Waals surface area contributed by atoms with Crippen LogP contribution >= 0.6 is 0 Å². The van der Waals surface area contributed by atoms with Crippen molar-refractivity contribution in [3.05, 3.63) is 23.8 Å². The fourth-order valence-corrected chi connectivity index (χ4v) is 1.20. The van der Waals surface area contributed by atoms with E-state index in [9.17, 15) is 5.11 Å². The fourth-order valence-electron chi connectivity index (χ4n) is 1.20. The third-order valence-corrected chi connectivity index (χ3v) is 1.97. The molecule has 1 aromatic rings. The summed E-state index contributed by atoms with van der Waals surface area (Å²) in [6, 6.07) is 5.05. The molecular weight excluding hydrogens is 184 g/mol. The summed E-state index contributed by atoms with van der Waals surface area (Å²) in [5.74, 6) is 1.15. The maximum Gasteiger partial charge on any atom is 0.125 e. The molecule has 0 fully saturated rings. The lowest BCUT2D eigenvalue weighted by molar-refractivity contribution is 0.0931. The average Bonchev–Trinajstić information content (AvgIpc) is 2.27. The highest BCUT2D eigenvalue weighted by Gasteiger charge is 2.13. The van der Waals surface area contributed by atoms with Gasteiger partial charge >= 0.3 is 0 Å². The van der Waals surface area contributed by atoms with Gasteiger partial charge in [-0.3, -0.25) is 0 Å². The normalized spacial score (nSPS) is 12.3. The Morgan fingerprint density at radius 2 is 2.00 bits per heavy atom. The van der Waals surface area contributed by atoms with Crippen molar-refractivity contribution in [1.82, 2.24) is 0 Å². The third-order valence-electron chi connectivity index (χ3n) is 1.97. The number of rotatable bonds is 4. The molecule has 0 saturated heterocycles. The first-order valence-electron chi connectivity index (χ1n) is 4.23. The van der Waals surface area contributed by atoms with Gasteiger partial charge in [-0.2, -0.15) is 0 Å². The van der Waals surface area contributed by atoms with Crippen molar-refractivity contribution in [2.24, 2.45) is 0 Å². The molecule has 0 aliphatic heterocycles. The number of hydrogen-bond donors (Lipinski definition) is 2. The molecule has 1 aromatic carbocycles. The van der Waals surface area contributed by atoms with E-state index in [2.05, 4.69) is 0 Å². The van der Waals surface area contributed by atoms with Gasteiger partial charge in [-0.05, 0) is 18.2 Å². The van der Waals surface area contributed by atoms with E-state index in [1.54, 1.807) is 18.2 Å². The molecule has 4 heteroatoms. The number of aliphatic hydroxyl groups is 2. The number of aliphatic hydroxyl groups excluding tert-OH is 2. The van der Waals surface area contributed by atoms with Crippen LogP contribution in [0, 0.1) is 0 Å². The van der Waals surface area contributed by atoms with Gasteiger partial charge in [-0.1, -0.05) is 0 Å². The van der Waals surface area contributed by atoms with Crippen LogP contribution in [0.3, 0.4) is 0 Å². The number of hydrogen-bond acceptors (Lipinski definition) is 4. The van der Waals surface area contributed by atoms with Crippen LogP contribution < -0.4 is 9.47 Å². The quantitative estimate of drug-likeness (QED) is 0.748. The third kappa shape index (κ3) is 2.16. The molecule has 0 radical (unpaired) electrons. The first kappa shape index (κ1) is 10.8. The van der Waals surface area contributed by atoms with Crippen LogP contribution in [0.4, 0.5) is 0 Å². The monoisotopic (exact) mass is 198 g/mol. The van der Waals surface area contributed by atoms with E-state index in [1.165, 1.54) is 14.2 Å². The minimum atomic E-state index is -0.944. The topological polar surface area (TPSA) is 58.9 Å². The Kier molecular flexibility index (Phi) is 3.73. The standard InChI is InChI=1S/C10H14O4/c1-13-7-3-4-10(14-2)8(5-7)9(12)6-11/h3-5,9,11-12H,6H2,1-2H3/t9-/m0/s1. The summed E-state index contributed by atoms with van der Waals surface area (Å²) in [4.78, 5) is 0. The van der Waals surface area contributed by atoms with E-state index >= 15 is 0 Å². The molecule has 4 nitrogen and oxygen atoms in total. The molecule has 1 rings (SSSR count). The van der Waals surface area contributed by atoms with Crippen LogP contribution in [0.5, 0.6) is 11.5 Å². The summed E-state index contributed by atoms with van der Waals surface area (Å²) >= 11 is 0. The maximum absolute atomic E-state index is 9.48. The fraction of sp³-hybridized carbons (Fsp3) is 0.400. The Balaban J connectivity index is 3.08. The Bertz CT molecular complexity index is 298. The predicted molar refractivity (Wildman–Crippen MR) is 51.6 cm³/mol. The second-order valence-electron chi connectivity index (χ2n) is 2.81. The van der Waals surface area contributed by atoms with Gasteiger partial charge in [0.1, 0.15) is 17.6 Å². The molecule has 0 spiro atoms. The molecule has 0 aromatic heterocycles. The molecule has 0 amide bonds. The van der Waals surface area contributed by atoms with Gasteiger partial charge in [-0.15, -0.1) is 0 Å². The molecule has 14 heavy (non-hydrogen) atoms. The van der Waals surface area contributed by atoms with Crippen molar-refractivity contribution >= 4 is 0 Å². The van der Waals surface area contributed by atoms with E-state index in [-0.39, 0.29) is 6.61 Å². The zero-order valence-corrected chi connectivity index (χ0v) is 8.23. The minimum Gasteiger partial charge on any atom is -0.497 e. The lowest BCUT2D eigenvalue weighted by Crippen LogP contribution is -2.05. The van der Waals surface area contributed by atoms with Gasteiger partial charge in [0.15, 0.2) is 0 Å². The number of benzene rings is 1. The molecule has 0 heterocycles. The molecule has 0 aliphatic rings. The van der Waals surface area contributed by atoms with Crippen molar-refractivity contribution in [2.75, 3.05) is 20.8 Å². The van der Waals surface area contributed by atoms with E-state index in [0.29, 0.717) is 17.1 Å². The van der Waals surface area contributed by atoms with Crippen LogP contribution in [0.25, 0.3) is 0 Å². The summed E-state index contributed by atoms with van der Waals surface area (Å²) in [6.07, 6.45) is -0.944. The van der Waals surface area contributed by atoms with Crippen molar-refractivity contribution in [3.8, 4) is 11.5 Å². The highest BCUT2D eigenvalue weighted by molar-refractivity contribution is 5.41. The van der Waals surface area contributed by atoms with Gasteiger partial charge in [0.25, 0.3) is 0 Å².